The molecule has 4 nitrogen and oxygen atoms in total. The molecule has 0 aliphatic heterocycles. The molecular weight excluding hydrogens is 352 g/mol. The zero-order chi connectivity index (χ0) is 21.2. The second-order valence-electron chi connectivity index (χ2n) is 8.10. The van der Waals surface area contributed by atoms with E-state index in [0.29, 0.717) is 44.0 Å². The molecule has 0 rings (SSSR count). The Kier molecular flexibility index (Phi) is 17.3. The molecule has 0 aliphatic rings. The Labute approximate surface area is 174 Å². The maximum Gasteiger partial charge on any atom is 0.305 e. The van der Waals surface area contributed by atoms with Gasteiger partial charge < -0.3 is 14.2 Å². The summed E-state index contributed by atoms with van der Waals surface area (Å²) in [6.45, 7) is 14.8. The van der Waals surface area contributed by atoms with Crippen molar-refractivity contribution in [3.63, 3.8) is 0 Å². The highest BCUT2D eigenvalue weighted by Crippen LogP contribution is 2.09. The van der Waals surface area contributed by atoms with Gasteiger partial charge in [-0.3, -0.25) is 4.79 Å². The zero-order valence-corrected chi connectivity index (χ0v) is 19.2. The molecule has 4 heteroatoms. The second kappa shape index (κ2) is 18.0. The smallest absolute Gasteiger partial charge is 0.305 e. The lowest BCUT2D eigenvalue weighted by atomic mass is 10.1. The minimum atomic E-state index is -0.432. The molecule has 0 aromatic heterocycles. The van der Waals surface area contributed by atoms with Crippen LogP contribution in [-0.4, -0.2) is 32.1 Å². The van der Waals surface area contributed by atoms with E-state index in [1.165, 1.54) is 0 Å². The van der Waals surface area contributed by atoms with Gasteiger partial charge in [0.25, 0.3) is 0 Å². The fourth-order valence-electron chi connectivity index (χ4n) is 2.11. The van der Waals surface area contributed by atoms with Gasteiger partial charge in [-0.2, -0.15) is 0 Å². The van der Waals surface area contributed by atoms with E-state index in [1.807, 2.05) is 0 Å². The van der Waals surface area contributed by atoms with Gasteiger partial charge >= 0.3 is 5.97 Å². The van der Waals surface area contributed by atoms with E-state index in [-0.39, 0.29) is 5.97 Å². The molecule has 3 atom stereocenters. The predicted octanol–water partition coefficient (Wildman–Crippen LogP) is 5.98. The highest BCUT2D eigenvalue weighted by atomic mass is 16.7. The first-order chi connectivity index (χ1) is 13.4. The summed E-state index contributed by atoms with van der Waals surface area (Å²) < 4.78 is 17.0. The summed E-state index contributed by atoms with van der Waals surface area (Å²) in [5.74, 6) is 7.70. The zero-order valence-electron chi connectivity index (χ0n) is 19.2. The lowest BCUT2D eigenvalue weighted by Crippen LogP contribution is -2.21. The van der Waals surface area contributed by atoms with Crippen molar-refractivity contribution in [2.24, 2.45) is 17.8 Å². The standard InChI is InChI=1S/C24H44O4/c1-7-20(4)17-26-23(25)15-13-11-10-12-14-16-24(27-18-21(5)8-2)28-19-22(6)9-3/h20-22,24H,7-13,15,17-19H2,1-6H3. The van der Waals surface area contributed by atoms with Gasteiger partial charge in [0, 0.05) is 12.8 Å². The van der Waals surface area contributed by atoms with Gasteiger partial charge in [-0.1, -0.05) is 73.1 Å². The molecule has 164 valence electrons. The van der Waals surface area contributed by atoms with E-state index in [4.69, 9.17) is 14.2 Å². The molecule has 0 spiro atoms. The molecule has 0 fully saturated rings. The lowest BCUT2D eigenvalue weighted by Gasteiger charge is -2.18. The third-order valence-electron chi connectivity index (χ3n) is 5.09. The summed E-state index contributed by atoms with van der Waals surface area (Å²) in [6.07, 6.45) is 6.92. The summed E-state index contributed by atoms with van der Waals surface area (Å²) in [5, 5.41) is 0. The van der Waals surface area contributed by atoms with Crippen LogP contribution in [-0.2, 0) is 19.0 Å². The SMILES string of the molecule is CCC(C)COC(=O)CCCCCC#CC(OCC(C)CC)OCC(C)CC. The van der Waals surface area contributed by atoms with Gasteiger partial charge in [-0.25, -0.2) is 0 Å². The summed E-state index contributed by atoms with van der Waals surface area (Å²) in [7, 11) is 0. The minimum absolute atomic E-state index is 0.0802. The average molecular weight is 397 g/mol. The van der Waals surface area contributed by atoms with Gasteiger partial charge in [-0.15, -0.1) is 0 Å². The molecule has 0 saturated carbocycles. The Morgan fingerprint density at radius 1 is 0.786 bits per heavy atom. The average Bonchev–Trinajstić information content (AvgIpc) is 2.71. The van der Waals surface area contributed by atoms with Crippen molar-refractivity contribution in [1.82, 2.24) is 0 Å². The van der Waals surface area contributed by atoms with Crippen LogP contribution in [0.5, 0.6) is 0 Å². The number of unbranched alkanes of at least 4 members (excludes halogenated alkanes) is 3. The molecule has 0 bridgehead atoms. The van der Waals surface area contributed by atoms with Gasteiger partial charge in [0.05, 0.1) is 19.8 Å². The first-order valence-electron chi connectivity index (χ1n) is 11.3. The van der Waals surface area contributed by atoms with E-state index in [0.717, 1.165) is 44.9 Å². The van der Waals surface area contributed by atoms with Crippen LogP contribution in [0.1, 0.15) is 92.9 Å². The first kappa shape index (κ1) is 27.0. The summed E-state index contributed by atoms with van der Waals surface area (Å²) in [5.41, 5.74) is 0. The van der Waals surface area contributed by atoms with Crippen molar-refractivity contribution in [3.05, 3.63) is 0 Å². The second-order valence-corrected chi connectivity index (χ2v) is 8.10. The van der Waals surface area contributed by atoms with E-state index in [1.54, 1.807) is 0 Å². The van der Waals surface area contributed by atoms with Crippen LogP contribution in [0.4, 0.5) is 0 Å². The third kappa shape index (κ3) is 16.0. The Bertz CT molecular complexity index is 424. The number of hydrogen-bond acceptors (Lipinski definition) is 4. The maximum atomic E-state index is 11.7. The van der Waals surface area contributed by atoms with Crippen molar-refractivity contribution >= 4 is 5.97 Å². The molecule has 0 saturated heterocycles. The van der Waals surface area contributed by atoms with Crippen molar-refractivity contribution < 1.29 is 19.0 Å². The number of ether oxygens (including phenoxy) is 3. The van der Waals surface area contributed by atoms with E-state index >= 15 is 0 Å². The van der Waals surface area contributed by atoms with E-state index in [9.17, 15) is 4.79 Å². The first-order valence-corrected chi connectivity index (χ1v) is 11.3. The van der Waals surface area contributed by atoms with Crippen molar-refractivity contribution in [3.8, 4) is 11.8 Å². The molecule has 28 heavy (non-hydrogen) atoms. The van der Waals surface area contributed by atoms with Crippen molar-refractivity contribution in [1.29, 1.82) is 0 Å². The van der Waals surface area contributed by atoms with Crippen LogP contribution in [0.25, 0.3) is 0 Å². The Balaban J connectivity index is 4.06. The molecule has 0 aliphatic carbocycles. The summed E-state index contributed by atoms with van der Waals surface area (Å²) in [6, 6.07) is 0. The topological polar surface area (TPSA) is 44.8 Å². The number of hydrogen-bond donors (Lipinski definition) is 0. The van der Waals surface area contributed by atoms with Gasteiger partial charge in [-0.05, 0) is 36.5 Å². The number of rotatable bonds is 16. The lowest BCUT2D eigenvalue weighted by molar-refractivity contribution is -0.145. The number of esters is 1. The van der Waals surface area contributed by atoms with E-state index < -0.39 is 6.29 Å². The number of carbonyl (C=O) groups is 1. The molecule has 0 aromatic carbocycles. The summed E-state index contributed by atoms with van der Waals surface area (Å²) >= 11 is 0. The van der Waals surface area contributed by atoms with Crippen molar-refractivity contribution in [2.75, 3.05) is 19.8 Å². The molecular formula is C24H44O4. The summed E-state index contributed by atoms with van der Waals surface area (Å²) in [4.78, 5) is 11.7. The third-order valence-corrected chi connectivity index (χ3v) is 5.09. The van der Waals surface area contributed by atoms with Gasteiger partial charge in [0.15, 0.2) is 0 Å². The number of carbonyl (C=O) groups excluding carboxylic acids is 1. The highest BCUT2D eigenvalue weighted by molar-refractivity contribution is 5.69. The van der Waals surface area contributed by atoms with Gasteiger partial charge in [0.1, 0.15) is 0 Å². The van der Waals surface area contributed by atoms with Crippen molar-refractivity contribution in [2.45, 2.75) is 99.2 Å². The van der Waals surface area contributed by atoms with Crippen LogP contribution in [0, 0.1) is 29.6 Å². The van der Waals surface area contributed by atoms with E-state index in [2.05, 4.69) is 53.4 Å². The Hall–Kier alpha value is -1.05. The fourth-order valence-corrected chi connectivity index (χ4v) is 2.11. The molecule has 0 heterocycles. The molecule has 0 radical (unpaired) electrons. The molecule has 0 aromatic rings. The normalized spacial score (nSPS) is 15.2. The monoisotopic (exact) mass is 396 g/mol. The van der Waals surface area contributed by atoms with Crippen LogP contribution in [0.15, 0.2) is 0 Å². The van der Waals surface area contributed by atoms with Crippen LogP contribution >= 0.6 is 0 Å². The minimum Gasteiger partial charge on any atom is -0.465 e. The van der Waals surface area contributed by atoms with Crippen LogP contribution < -0.4 is 0 Å². The highest BCUT2D eigenvalue weighted by Gasteiger charge is 2.10. The molecule has 3 unspecified atom stereocenters. The quantitative estimate of drug-likeness (QED) is 0.139. The van der Waals surface area contributed by atoms with Gasteiger partial charge in [0.2, 0.25) is 6.29 Å². The fraction of sp³-hybridized carbons (Fsp3) is 0.875. The molecule has 0 N–H and O–H groups in total. The predicted molar refractivity (Wildman–Crippen MR) is 116 cm³/mol. The maximum absolute atomic E-state index is 11.7. The van der Waals surface area contributed by atoms with Crippen LogP contribution in [0.2, 0.25) is 0 Å². The Morgan fingerprint density at radius 3 is 1.86 bits per heavy atom. The van der Waals surface area contributed by atoms with Crippen LogP contribution in [0.3, 0.4) is 0 Å². The molecule has 0 amide bonds. The Morgan fingerprint density at radius 2 is 1.32 bits per heavy atom. The largest absolute Gasteiger partial charge is 0.465 e.